The summed E-state index contributed by atoms with van der Waals surface area (Å²) < 4.78 is 5.29. The first kappa shape index (κ1) is 17.4. The lowest BCUT2D eigenvalue weighted by Crippen LogP contribution is -2.41. The van der Waals surface area contributed by atoms with Gasteiger partial charge in [-0.15, -0.1) is 0 Å². The Bertz CT molecular complexity index is 749. The highest BCUT2D eigenvalue weighted by molar-refractivity contribution is 5.93. The van der Waals surface area contributed by atoms with Crippen LogP contribution in [0.5, 0.6) is 0 Å². The SMILES string of the molecule is CC(C)(C)c1ccccc1Nc1cc(C(=O)N2CCOCC2)ncn1. The molecule has 6 heteroatoms. The van der Waals surface area contributed by atoms with Gasteiger partial charge < -0.3 is 15.0 Å². The lowest BCUT2D eigenvalue weighted by molar-refractivity contribution is 0.0299. The number of carbonyl (C=O) groups is 1. The third kappa shape index (κ3) is 4.14. The number of aromatic nitrogens is 2. The summed E-state index contributed by atoms with van der Waals surface area (Å²) in [6.07, 6.45) is 1.43. The molecule has 1 aliphatic rings. The standard InChI is InChI=1S/C19H24N4O2/c1-19(2,3)14-6-4-5-7-15(14)22-17-12-16(20-13-21-17)18(24)23-8-10-25-11-9-23/h4-7,12-13H,8-11H2,1-3H3,(H,20,21,22). The Morgan fingerprint density at radius 1 is 1.16 bits per heavy atom. The van der Waals surface area contributed by atoms with Gasteiger partial charge in [0.15, 0.2) is 0 Å². The van der Waals surface area contributed by atoms with Crippen molar-refractivity contribution in [3.05, 3.63) is 47.9 Å². The molecule has 0 bridgehead atoms. The maximum atomic E-state index is 12.6. The van der Waals surface area contributed by atoms with Crippen molar-refractivity contribution < 1.29 is 9.53 Å². The Morgan fingerprint density at radius 2 is 1.88 bits per heavy atom. The fourth-order valence-corrected chi connectivity index (χ4v) is 2.86. The van der Waals surface area contributed by atoms with Crippen LogP contribution in [0.25, 0.3) is 0 Å². The second-order valence-electron chi connectivity index (χ2n) is 7.11. The average Bonchev–Trinajstić information content (AvgIpc) is 2.62. The van der Waals surface area contributed by atoms with E-state index in [4.69, 9.17) is 4.74 Å². The minimum Gasteiger partial charge on any atom is -0.378 e. The minimum atomic E-state index is -0.0853. The summed E-state index contributed by atoms with van der Waals surface area (Å²) in [6, 6.07) is 9.84. The monoisotopic (exact) mass is 340 g/mol. The highest BCUT2D eigenvalue weighted by Crippen LogP contribution is 2.30. The number of hydrogen-bond donors (Lipinski definition) is 1. The Morgan fingerprint density at radius 3 is 2.60 bits per heavy atom. The maximum Gasteiger partial charge on any atom is 0.272 e. The first-order valence-corrected chi connectivity index (χ1v) is 8.51. The van der Waals surface area contributed by atoms with Crippen molar-refractivity contribution in [2.45, 2.75) is 26.2 Å². The van der Waals surface area contributed by atoms with Gasteiger partial charge in [-0.25, -0.2) is 9.97 Å². The number of amides is 1. The molecule has 132 valence electrons. The lowest BCUT2D eigenvalue weighted by atomic mass is 9.86. The van der Waals surface area contributed by atoms with Gasteiger partial charge in [-0.05, 0) is 17.0 Å². The zero-order valence-corrected chi connectivity index (χ0v) is 15.0. The van der Waals surface area contributed by atoms with E-state index in [1.165, 1.54) is 11.9 Å². The molecule has 2 heterocycles. The first-order valence-electron chi connectivity index (χ1n) is 8.51. The minimum absolute atomic E-state index is 0.00305. The van der Waals surface area contributed by atoms with Crippen molar-refractivity contribution in [1.29, 1.82) is 0 Å². The molecule has 1 N–H and O–H groups in total. The van der Waals surface area contributed by atoms with Crippen LogP contribution in [0, 0.1) is 0 Å². The quantitative estimate of drug-likeness (QED) is 0.930. The highest BCUT2D eigenvalue weighted by Gasteiger charge is 2.21. The summed E-state index contributed by atoms with van der Waals surface area (Å²) in [4.78, 5) is 22.8. The average molecular weight is 340 g/mol. The van der Waals surface area contributed by atoms with E-state index in [0.717, 1.165) is 5.69 Å². The zero-order chi connectivity index (χ0) is 17.9. The molecule has 1 fully saturated rings. The summed E-state index contributed by atoms with van der Waals surface area (Å²) in [5.74, 6) is 0.529. The molecule has 1 saturated heterocycles. The molecular formula is C19H24N4O2. The fourth-order valence-electron chi connectivity index (χ4n) is 2.86. The summed E-state index contributed by atoms with van der Waals surface area (Å²) in [5, 5.41) is 3.33. The van der Waals surface area contributed by atoms with Crippen LogP contribution in [0.1, 0.15) is 36.8 Å². The number of hydrogen-bond acceptors (Lipinski definition) is 5. The number of benzene rings is 1. The number of carbonyl (C=O) groups excluding carboxylic acids is 1. The van der Waals surface area contributed by atoms with Gasteiger partial charge in [0.2, 0.25) is 0 Å². The van der Waals surface area contributed by atoms with Crippen LogP contribution in [0.15, 0.2) is 36.7 Å². The van der Waals surface area contributed by atoms with Gasteiger partial charge in [-0.2, -0.15) is 0 Å². The van der Waals surface area contributed by atoms with Gasteiger partial charge in [-0.1, -0.05) is 39.0 Å². The largest absolute Gasteiger partial charge is 0.378 e. The Balaban J connectivity index is 1.82. The zero-order valence-electron chi connectivity index (χ0n) is 15.0. The van der Waals surface area contributed by atoms with Gasteiger partial charge in [0.25, 0.3) is 5.91 Å². The molecule has 1 aliphatic heterocycles. The van der Waals surface area contributed by atoms with Crippen molar-refractivity contribution in [1.82, 2.24) is 14.9 Å². The normalized spacial score (nSPS) is 15.1. The van der Waals surface area contributed by atoms with Gasteiger partial charge in [-0.3, -0.25) is 4.79 Å². The Labute approximate surface area is 148 Å². The van der Waals surface area contributed by atoms with Gasteiger partial charge >= 0.3 is 0 Å². The second-order valence-corrected chi connectivity index (χ2v) is 7.11. The molecule has 0 atom stereocenters. The predicted molar refractivity (Wildman–Crippen MR) is 97.2 cm³/mol. The third-order valence-electron chi connectivity index (χ3n) is 4.18. The smallest absolute Gasteiger partial charge is 0.272 e. The predicted octanol–water partition coefficient (Wildman–Crippen LogP) is 2.99. The number of nitrogens with zero attached hydrogens (tertiary/aromatic N) is 3. The van der Waals surface area contributed by atoms with Crippen LogP contribution >= 0.6 is 0 Å². The molecule has 25 heavy (non-hydrogen) atoms. The van der Waals surface area contributed by atoms with Crippen molar-refractivity contribution in [2.24, 2.45) is 0 Å². The van der Waals surface area contributed by atoms with Crippen molar-refractivity contribution >= 4 is 17.4 Å². The summed E-state index contributed by atoms with van der Waals surface area (Å²) >= 11 is 0. The van der Waals surface area contributed by atoms with E-state index < -0.39 is 0 Å². The molecule has 0 radical (unpaired) electrons. The highest BCUT2D eigenvalue weighted by atomic mass is 16.5. The van der Waals surface area contributed by atoms with E-state index in [1.54, 1.807) is 11.0 Å². The van der Waals surface area contributed by atoms with Crippen LogP contribution in [-0.4, -0.2) is 47.1 Å². The fraction of sp³-hybridized carbons (Fsp3) is 0.421. The molecule has 0 aliphatic carbocycles. The lowest BCUT2D eigenvalue weighted by Gasteiger charge is -2.26. The Kier molecular flexibility index (Phi) is 4.99. The topological polar surface area (TPSA) is 67.4 Å². The Hall–Kier alpha value is -2.47. The van der Waals surface area contributed by atoms with Crippen LogP contribution < -0.4 is 5.32 Å². The number of nitrogens with one attached hydrogen (secondary N) is 1. The van der Waals surface area contributed by atoms with Crippen LogP contribution in [0.3, 0.4) is 0 Å². The molecule has 3 rings (SSSR count). The van der Waals surface area contributed by atoms with Gasteiger partial charge in [0.1, 0.15) is 17.8 Å². The maximum absolute atomic E-state index is 12.6. The van der Waals surface area contributed by atoms with Crippen molar-refractivity contribution in [3.63, 3.8) is 0 Å². The second kappa shape index (κ2) is 7.19. The molecule has 0 unspecified atom stereocenters. The molecule has 0 saturated carbocycles. The van der Waals surface area contributed by atoms with E-state index >= 15 is 0 Å². The molecule has 2 aromatic rings. The third-order valence-corrected chi connectivity index (χ3v) is 4.18. The number of ether oxygens (including phenoxy) is 1. The van der Waals surface area contributed by atoms with Crippen molar-refractivity contribution in [3.8, 4) is 0 Å². The summed E-state index contributed by atoms with van der Waals surface area (Å²) in [6.45, 7) is 8.83. The summed E-state index contributed by atoms with van der Waals surface area (Å²) in [7, 11) is 0. The molecule has 0 spiro atoms. The van der Waals surface area contributed by atoms with Gasteiger partial charge in [0.05, 0.1) is 13.2 Å². The van der Waals surface area contributed by atoms with Crippen LogP contribution in [0.2, 0.25) is 0 Å². The van der Waals surface area contributed by atoms with Crippen LogP contribution in [-0.2, 0) is 10.2 Å². The number of morpholine rings is 1. The molecular weight excluding hydrogens is 316 g/mol. The van der Waals surface area contributed by atoms with E-state index in [-0.39, 0.29) is 11.3 Å². The van der Waals surface area contributed by atoms with Gasteiger partial charge in [0, 0.05) is 24.8 Å². The molecule has 6 nitrogen and oxygen atoms in total. The molecule has 1 amide bonds. The van der Waals surface area contributed by atoms with Crippen LogP contribution in [0.4, 0.5) is 11.5 Å². The number of para-hydroxylation sites is 1. The first-order chi connectivity index (χ1) is 11.9. The van der Waals surface area contributed by atoms with E-state index in [0.29, 0.717) is 37.8 Å². The van der Waals surface area contributed by atoms with Crippen molar-refractivity contribution in [2.75, 3.05) is 31.6 Å². The molecule has 1 aromatic carbocycles. The van der Waals surface area contributed by atoms with E-state index in [2.05, 4.69) is 42.1 Å². The number of anilines is 2. The number of rotatable bonds is 3. The molecule has 1 aromatic heterocycles. The van der Waals surface area contributed by atoms with E-state index in [9.17, 15) is 4.79 Å². The summed E-state index contributed by atoms with van der Waals surface area (Å²) in [5.41, 5.74) is 2.57. The van der Waals surface area contributed by atoms with E-state index in [1.807, 2.05) is 18.2 Å².